The van der Waals surface area contributed by atoms with Crippen molar-refractivity contribution in [3.8, 4) is 23.4 Å². The van der Waals surface area contributed by atoms with E-state index in [4.69, 9.17) is 14.4 Å². The van der Waals surface area contributed by atoms with Crippen LogP contribution in [0.4, 0.5) is 20.4 Å². The summed E-state index contributed by atoms with van der Waals surface area (Å²) < 4.78 is 36.1. The number of hydrogen-bond acceptors (Lipinski definition) is 9. The zero-order valence-electron chi connectivity index (χ0n) is 19.5. The summed E-state index contributed by atoms with van der Waals surface area (Å²) in [7, 11) is 1.88. The van der Waals surface area contributed by atoms with Crippen molar-refractivity contribution in [2.75, 3.05) is 38.4 Å². The predicted molar refractivity (Wildman–Crippen MR) is 124 cm³/mol. The lowest BCUT2D eigenvalue weighted by Crippen LogP contribution is -2.22. The smallest absolute Gasteiger partial charge is 0.304 e. The molecule has 2 aromatic heterocycles. The van der Waals surface area contributed by atoms with Gasteiger partial charge in [-0.05, 0) is 41.9 Å². The van der Waals surface area contributed by atoms with E-state index in [1.54, 1.807) is 0 Å². The van der Waals surface area contributed by atoms with E-state index in [-0.39, 0.29) is 23.8 Å². The molecule has 0 radical (unpaired) electrons. The first kappa shape index (κ1) is 25.0. The minimum Gasteiger partial charge on any atom is -0.481 e. The molecule has 0 saturated carbocycles. The number of anilines is 2. The van der Waals surface area contributed by atoms with Crippen LogP contribution in [0.25, 0.3) is 11.5 Å². The molecule has 3 aromatic rings. The molecule has 0 spiro atoms. The van der Waals surface area contributed by atoms with Gasteiger partial charge in [0.25, 0.3) is 11.8 Å². The van der Waals surface area contributed by atoms with Gasteiger partial charge < -0.3 is 24.2 Å². The molecule has 1 aliphatic heterocycles. The Bertz CT molecular complexity index is 1270. The SMILES string of the molecule is CN(CCC(=O)O)Cc1ccc2c(c1)CCN2c1noc(-c2cnc(OC(CF)CF)c(C#N)c2)n1. The summed E-state index contributed by atoms with van der Waals surface area (Å²) >= 11 is 0. The van der Waals surface area contributed by atoms with Crippen LogP contribution in [-0.4, -0.2) is 70.7 Å². The van der Waals surface area contributed by atoms with Crippen molar-refractivity contribution in [2.24, 2.45) is 0 Å². The van der Waals surface area contributed by atoms with Crippen LogP contribution in [-0.2, 0) is 17.8 Å². The number of aromatic nitrogens is 3. The Hall–Kier alpha value is -4.11. The molecule has 1 aliphatic rings. The Balaban J connectivity index is 1.48. The summed E-state index contributed by atoms with van der Waals surface area (Å²) in [5, 5.41) is 22.3. The second-order valence-corrected chi connectivity index (χ2v) is 8.38. The fourth-order valence-corrected chi connectivity index (χ4v) is 3.89. The maximum atomic E-state index is 12.8. The lowest BCUT2D eigenvalue weighted by molar-refractivity contribution is -0.137. The standard InChI is InChI=1S/C24H24F2N6O4/c1-31(6-5-21(33)34)14-15-2-3-20-16(8-15)4-7-32(20)24-29-23(36-30-24)18-9-17(12-27)22(28-13-18)35-19(10-25)11-26/h2-3,8-9,13,19H,4-7,10-11,14H2,1H3,(H,33,34). The molecule has 1 aromatic carbocycles. The lowest BCUT2D eigenvalue weighted by Gasteiger charge is -2.17. The zero-order chi connectivity index (χ0) is 25.7. The Morgan fingerprint density at radius 2 is 2.17 bits per heavy atom. The molecular weight excluding hydrogens is 474 g/mol. The first-order valence-electron chi connectivity index (χ1n) is 11.2. The van der Waals surface area contributed by atoms with Crippen molar-refractivity contribution >= 4 is 17.6 Å². The monoisotopic (exact) mass is 498 g/mol. The van der Waals surface area contributed by atoms with Gasteiger partial charge in [0.05, 0.1) is 12.0 Å². The number of benzene rings is 1. The second kappa shape index (κ2) is 11.1. The van der Waals surface area contributed by atoms with Crippen LogP contribution in [0, 0.1) is 11.3 Å². The molecule has 0 atom stereocenters. The van der Waals surface area contributed by atoms with Crippen LogP contribution in [0.1, 0.15) is 23.1 Å². The van der Waals surface area contributed by atoms with Crippen LogP contribution < -0.4 is 9.64 Å². The third-order valence-corrected chi connectivity index (χ3v) is 5.70. The molecule has 10 nitrogen and oxygen atoms in total. The molecule has 12 heteroatoms. The minimum atomic E-state index is -1.33. The number of pyridine rings is 1. The summed E-state index contributed by atoms with van der Waals surface area (Å²) in [4.78, 5) is 23.1. The van der Waals surface area contributed by atoms with Gasteiger partial charge in [-0.1, -0.05) is 12.1 Å². The van der Waals surface area contributed by atoms with Crippen molar-refractivity contribution in [2.45, 2.75) is 25.5 Å². The van der Waals surface area contributed by atoms with Crippen LogP contribution in [0.5, 0.6) is 5.88 Å². The maximum absolute atomic E-state index is 12.8. The first-order valence-corrected chi connectivity index (χ1v) is 11.2. The quantitative estimate of drug-likeness (QED) is 0.420. The van der Waals surface area contributed by atoms with Crippen molar-refractivity contribution < 1.29 is 27.9 Å². The molecule has 0 saturated heterocycles. The molecular formula is C24H24F2N6O4. The maximum Gasteiger partial charge on any atom is 0.304 e. The van der Waals surface area contributed by atoms with Gasteiger partial charge in [-0.25, -0.2) is 13.8 Å². The van der Waals surface area contributed by atoms with E-state index < -0.39 is 25.4 Å². The number of halogens is 2. The highest BCUT2D eigenvalue weighted by Crippen LogP contribution is 2.35. The van der Waals surface area contributed by atoms with Crippen LogP contribution in [0.3, 0.4) is 0 Å². The van der Waals surface area contributed by atoms with Crippen molar-refractivity contribution in [3.63, 3.8) is 0 Å². The summed E-state index contributed by atoms with van der Waals surface area (Å²) in [5.41, 5.74) is 3.51. The largest absolute Gasteiger partial charge is 0.481 e. The van der Waals surface area contributed by atoms with Crippen molar-refractivity contribution in [3.05, 3.63) is 47.2 Å². The molecule has 188 valence electrons. The third kappa shape index (κ3) is 5.58. The Labute approximate surface area is 205 Å². The number of carboxylic acids is 1. The van der Waals surface area contributed by atoms with E-state index in [9.17, 15) is 18.8 Å². The van der Waals surface area contributed by atoms with E-state index >= 15 is 0 Å². The summed E-state index contributed by atoms with van der Waals surface area (Å²) in [6, 6.07) is 9.37. The third-order valence-electron chi connectivity index (χ3n) is 5.70. The highest BCUT2D eigenvalue weighted by atomic mass is 19.1. The van der Waals surface area contributed by atoms with E-state index in [0.717, 1.165) is 23.2 Å². The van der Waals surface area contributed by atoms with E-state index in [1.165, 1.54) is 12.3 Å². The molecule has 0 aliphatic carbocycles. The van der Waals surface area contributed by atoms with Crippen molar-refractivity contribution in [1.29, 1.82) is 5.26 Å². The molecule has 0 fully saturated rings. The fourth-order valence-electron chi connectivity index (χ4n) is 3.89. The number of carboxylic acid groups (broad SMARTS) is 1. The van der Waals surface area contributed by atoms with E-state index in [0.29, 0.717) is 31.1 Å². The number of aliphatic carboxylic acids is 1. The number of carbonyl (C=O) groups is 1. The van der Waals surface area contributed by atoms with E-state index in [2.05, 4.69) is 21.2 Å². The number of nitrogens with zero attached hydrogens (tertiary/aromatic N) is 6. The van der Waals surface area contributed by atoms with Gasteiger partial charge >= 0.3 is 5.97 Å². The number of fused-ring (bicyclic) bond motifs is 1. The summed E-state index contributed by atoms with van der Waals surface area (Å²) in [6.45, 7) is -0.338. The Kier molecular flexibility index (Phi) is 7.70. The number of rotatable bonds is 11. The van der Waals surface area contributed by atoms with Crippen LogP contribution in [0.15, 0.2) is 35.0 Å². The Morgan fingerprint density at radius 1 is 1.36 bits per heavy atom. The van der Waals surface area contributed by atoms with Crippen molar-refractivity contribution in [1.82, 2.24) is 20.0 Å². The summed E-state index contributed by atoms with van der Waals surface area (Å²) in [5.74, 6) is -0.502. The number of alkyl halides is 2. The average molecular weight is 498 g/mol. The highest BCUT2D eigenvalue weighted by Gasteiger charge is 2.25. The van der Waals surface area contributed by atoms with E-state index in [1.807, 2.05) is 35.0 Å². The lowest BCUT2D eigenvalue weighted by atomic mass is 10.1. The van der Waals surface area contributed by atoms with Gasteiger partial charge in [-0.15, -0.1) is 0 Å². The van der Waals surface area contributed by atoms with Gasteiger partial charge in [0.15, 0.2) is 6.10 Å². The Morgan fingerprint density at radius 3 is 2.89 bits per heavy atom. The zero-order valence-corrected chi connectivity index (χ0v) is 19.5. The molecule has 3 heterocycles. The second-order valence-electron chi connectivity index (χ2n) is 8.38. The molecule has 0 bridgehead atoms. The predicted octanol–water partition coefficient (Wildman–Crippen LogP) is 3.29. The number of hydrogen-bond donors (Lipinski definition) is 1. The molecule has 1 N–H and O–H groups in total. The first-order chi connectivity index (χ1) is 17.4. The van der Waals surface area contributed by atoms with Gasteiger partial charge in [0.1, 0.15) is 25.0 Å². The van der Waals surface area contributed by atoms with Gasteiger partial charge in [0.2, 0.25) is 5.88 Å². The van der Waals surface area contributed by atoms with Gasteiger partial charge in [-0.2, -0.15) is 10.2 Å². The van der Waals surface area contributed by atoms with Crippen LogP contribution in [0.2, 0.25) is 0 Å². The normalized spacial score (nSPS) is 12.7. The number of ether oxygens (including phenoxy) is 1. The topological polar surface area (TPSA) is 129 Å². The van der Waals surface area contributed by atoms with Gasteiger partial charge in [0, 0.05) is 31.5 Å². The summed E-state index contributed by atoms with van der Waals surface area (Å²) in [6.07, 6.45) is 0.882. The minimum absolute atomic E-state index is 0.00785. The molecule has 0 amide bonds. The fraction of sp³-hybridized carbons (Fsp3) is 0.375. The highest BCUT2D eigenvalue weighted by molar-refractivity contribution is 5.68. The average Bonchev–Trinajstić information content (AvgIpc) is 3.53. The number of nitriles is 1. The molecule has 36 heavy (non-hydrogen) atoms. The molecule has 4 rings (SSSR count). The molecule has 0 unspecified atom stereocenters. The van der Waals surface area contributed by atoms with Crippen LogP contribution >= 0.6 is 0 Å². The van der Waals surface area contributed by atoms with Gasteiger partial charge in [-0.3, -0.25) is 4.79 Å².